The average Bonchev–Trinajstić information content (AvgIpc) is 1.88. The summed E-state index contributed by atoms with van der Waals surface area (Å²) in [6.07, 6.45) is 2.74. The molecule has 1 aliphatic rings. The van der Waals surface area contributed by atoms with E-state index in [0.29, 0.717) is 6.42 Å². The van der Waals surface area contributed by atoms with Crippen LogP contribution in [0.1, 0.15) is 26.2 Å². The first-order chi connectivity index (χ1) is 4.70. The van der Waals surface area contributed by atoms with E-state index < -0.39 is 0 Å². The third kappa shape index (κ3) is 1.59. The summed E-state index contributed by atoms with van der Waals surface area (Å²) in [4.78, 5) is 10.8. The Bertz CT molecular complexity index is 161. The first kappa shape index (κ1) is 7.32. The highest BCUT2D eigenvalue weighted by Gasteiger charge is 2.17. The van der Waals surface area contributed by atoms with Crippen molar-refractivity contribution in [1.29, 1.82) is 0 Å². The Kier molecular flexibility index (Phi) is 2.10. The molecule has 56 valence electrons. The molecule has 1 unspecified atom stereocenters. The predicted octanol–water partition coefficient (Wildman–Crippen LogP) is 1.23. The molecule has 0 aromatic heterocycles. The van der Waals surface area contributed by atoms with Gasteiger partial charge in [-0.1, -0.05) is 12.2 Å². The lowest BCUT2D eigenvalue weighted by atomic mass is 9.99. The zero-order valence-electron chi connectivity index (χ0n) is 6.31. The Morgan fingerprint density at radius 3 is 2.90 bits per heavy atom. The molecular weight excluding hydrogens is 126 g/mol. The van der Waals surface area contributed by atoms with Gasteiger partial charge in [-0.25, -0.2) is 0 Å². The van der Waals surface area contributed by atoms with Gasteiger partial charge >= 0.3 is 0 Å². The number of hydrogen-bond donors (Lipinski definition) is 1. The summed E-state index contributed by atoms with van der Waals surface area (Å²) in [5, 5.41) is 2.88. The van der Waals surface area contributed by atoms with Crippen molar-refractivity contribution >= 4 is 5.91 Å². The lowest BCUT2D eigenvalue weighted by molar-refractivity contribution is -0.122. The Balaban J connectivity index is 2.47. The van der Waals surface area contributed by atoms with Crippen molar-refractivity contribution in [3.63, 3.8) is 0 Å². The Morgan fingerprint density at radius 2 is 2.50 bits per heavy atom. The summed E-state index contributed by atoms with van der Waals surface area (Å²) >= 11 is 0. The maximum absolute atomic E-state index is 10.8. The molecule has 1 amide bonds. The van der Waals surface area contributed by atoms with Crippen LogP contribution in [0.4, 0.5) is 0 Å². The molecule has 0 saturated carbocycles. The molecule has 1 fully saturated rings. The molecule has 1 aliphatic heterocycles. The molecule has 0 aromatic rings. The first-order valence-corrected chi connectivity index (χ1v) is 3.65. The van der Waals surface area contributed by atoms with E-state index in [0.717, 1.165) is 18.4 Å². The molecule has 1 N–H and O–H groups in total. The summed E-state index contributed by atoms with van der Waals surface area (Å²) in [6.45, 7) is 5.75. The number of piperidine rings is 1. The lowest BCUT2D eigenvalue weighted by Gasteiger charge is -2.23. The summed E-state index contributed by atoms with van der Waals surface area (Å²) in [6, 6.07) is 0.237. The fourth-order valence-electron chi connectivity index (χ4n) is 1.18. The van der Waals surface area contributed by atoms with Crippen molar-refractivity contribution in [2.24, 2.45) is 0 Å². The third-order valence-electron chi connectivity index (χ3n) is 1.83. The number of hydrogen-bond acceptors (Lipinski definition) is 1. The Hall–Kier alpha value is -0.790. The minimum absolute atomic E-state index is 0.166. The molecule has 2 heteroatoms. The standard InChI is InChI=1S/C8H13NO/c1-6(2)7-4-3-5-8(10)9-7/h7H,1,3-5H2,2H3,(H,9,10). The highest BCUT2D eigenvalue weighted by molar-refractivity contribution is 5.77. The first-order valence-electron chi connectivity index (χ1n) is 3.65. The van der Waals surface area contributed by atoms with E-state index in [1.807, 2.05) is 6.92 Å². The number of amides is 1. The molecule has 0 aliphatic carbocycles. The van der Waals surface area contributed by atoms with Crippen LogP contribution < -0.4 is 5.32 Å². The fraction of sp³-hybridized carbons (Fsp3) is 0.625. The minimum Gasteiger partial charge on any atom is -0.350 e. The van der Waals surface area contributed by atoms with Crippen molar-refractivity contribution in [3.8, 4) is 0 Å². The molecule has 10 heavy (non-hydrogen) atoms. The Morgan fingerprint density at radius 1 is 1.80 bits per heavy atom. The summed E-state index contributed by atoms with van der Waals surface area (Å²) < 4.78 is 0. The topological polar surface area (TPSA) is 29.1 Å². The van der Waals surface area contributed by atoms with Crippen molar-refractivity contribution in [3.05, 3.63) is 12.2 Å². The van der Waals surface area contributed by atoms with Crippen LogP contribution in [0.3, 0.4) is 0 Å². The van der Waals surface area contributed by atoms with Gasteiger partial charge in [-0.05, 0) is 19.8 Å². The van der Waals surface area contributed by atoms with Crippen LogP contribution in [-0.4, -0.2) is 11.9 Å². The van der Waals surface area contributed by atoms with Crippen molar-refractivity contribution in [1.82, 2.24) is 5.32 Å². The molecule has 0 radical (unpaired) electrons. The molecule has 1 rings (SSSR count). The highest BCUT2D eigenvalue weighted by Crippen LogP contribution is 2.12. The van der Waals surface area contributed by atoms with Gasteiger partial charge in [0.05, 0.1) is 0 Å². The molecule has 1 atom stereocenters. The fourth-order valence-corrected chi connectivity index (χ4v) is 1.18. The van der Waals surface area contributed by atoms with Gasteiger partial charge in [-0.3, -0.25) is 4.79 Å². The van der Waals surface area contributed by atoms with Crippen LogP contribution >= 0.6 is 0 Å². The molecule has 0 bridgehead atoms. The van der Waals surface area contributed by atoms with Crippen LogP contribution in [0.5, 0.6) is 0 Å². The molecule has 0 spiro atoms. The van der Waals surface area contributed by atoms with Gasteiger partial charge < -0.3 is 5.32 Å². The SMILES string of the molecule is C=C(C)C1CCCC(=O)N1. The second-order valence-corrected chi connectivity index (χ2v) is 2.86. The van der Waals surface area contributed by atoms with Gasteiger partial charge in [0.15, 0.2) is 0 Å². The van der Waals surface area contributed by atoms with Gasteiger partial charge in [0, 0.05) is 12.5 Å². The van der Waals surface area contributed by atoms with E-state index >= 15 is 0 Å². The normalized spacial score (nSPS) is 25.7. The predicted molar refractivity (Wildman–Crippen MR) is 40.6 cm³/mol. The van der Waals surface area contributed by atoms with Crippen LogP contribution in [-0.2, 0) is 4.79 Å². The summed E-state index contributed by atoms with van der Waals surface area (Å²) in [5.74, 6) is 0.166. The third-order valence-corrected chi connectivity index (χ3v) is 1.83. The second-order valence-electron chi connectivity index (χ2n) is 2.86. The zero-order valence-corrected chi connectivity index (χ0v) is 6.31. The van der Waals surface area contributed by atoms with Crippen LogP contribution in [0.2, 0.25) is 0 Å². The van der Waals surface area contributed by atoms with Crippen LogP contribution in [0.25, 0.3) is 0 Å². The quantitative estimate of drug-likeness (QED) is 0.544. The van der Waals surface area contributed by atoms with Gasteiger partial charge in [0.25, 0.3) is 0 Å². The number of rotatable bonds is 1. The van der Waals surface area contributed by atoms with Gasteiger partial charge in [-0.2, -0.15) is 0 Å². The molecule has 1 saturated heterocycles. The van der Waals surface area contributed by atoms with E-state index in [4.69, 9.17) is 0 Å². The van der Waals surface area contributed by atoms with Gasteiger partial charge in [-0.15, -0.1) is 0 Å². The highest BCUT2D eigenvalue weighted by atomic mass is 16.1. The Labute approximate surface area is 61.3 Å². The molecule has 1 heterocycles. The summed E-state index contributed by atoms with van der Waals surface area (Å²) in [5.41, 5.74) is 1.06. The van der Waals surface area contributed by atoms with E-state index in [-0.39, 0.29) is 11.9 Å². The van der Waals surface area contributed by atoms with Gasteiger partial charge in [0.2, 0.25) is 5.91 Å². The maximum Gasteiger partial charge on any atom is 0.220 e. The van der Waals surface area contributed by atoms with Crippen LogP contribution in [0, 0.1) is 0 Å². The molecular formula is C8H13NO. The van der Waals surface area contributed by atoms with Crippen molar-refractivity contribution < 1.29 is 4.79 Å². The number of nitrogens with one attached hydrogen (secondary N) is 1. The lowest BCUT2D eigenvalue weighted by Crippen LogP contribution is -2.39. The smallest absolute Gasteiger partial charge is 0.220 e. The van der Waals surface area contributed by atoms with Crippen LogP contribution in [0.15, 0.2) is 12.2 Å². The molecule has 2 nitrogen and oxygen atoms in total. The van der Waals surface area contributed by atoms with Gasteiger partial charge in [0.1, 0.15) is 0 Å². The van der Waals surface area contributed by atoms with E-state index in [1.54, 1.807) is 0 Å². The second kappa shape index (κ2) is 2.86. The van der Waals surface area contributed by atoms with E-state index in [1.165, 1.54) is 0 Å². The van der Waals surface area contributed by atoms with E-state index in [9.17, 15) is 4.79 Å². The average molecular weight is 139 g/mol. The molecule has 0 aromatic carbocycles. The van der Waals surface area contributed by atoms with Crippen molar-refractivity contribution in [2.75, 3.05) is 0 Å². The maximum atomic E-state index is 10.8. The number of carbonyl (C=O) groups excluding carboxylic acids is 1. The number of carbonyl (C=O) groups is 1. The largest absolute Gasteiger partial charge is 0.350 e. The zero-order chi connectivity index (χ0) is 7.56. The van der Waals surface area contributed by atoms with E-state index in [2.05, 4.69) is 11.9 Å². The monoisotopic (exact) mass is 139 g/mol. The minimum atomic E-state index is 0.166. The van der Waals surface area contributed by atoms with Crippen molar-refractivity contribution in [2.45, 2.75) is 32.2 Å². The summed E-state index contributed by atoms with van der Waals surface area (Å²) in [7, 11) is 0.